The number of aliphatic hydroxyl groups excluding tert-OH is 1. The Balaban J connectivity index is 1.75. The molecular formula is C20H24N4O2. The third-order valence-electron chi connectivity index (χ3n) is 4.96. The quantitative estimate of drug-likeness (QED) is 0.664. The van der Waals surface area contributed by atoms with Crippen molar-refractivity contribution in [2.45, 2.75) is 44.6 Å². The van der Waals surface area contributed by atoms with Gasteiger partial charge in [-0.15, -0.1) is 0 Å². The van der Waals surface area contributed by atoms with E-state index in [1.807, 2.05) is 34.9 Å². The highest BCUT2D eigenvalue weighted by molar-refractivity contribution is 5.85. The van der Waals surface area contributed by atoms with Crippen molar-refractivity contribution in [1.29, 1.82) is 0 Å². The predicted octanol–water partition coefficient (Wildman–Crippen LogP) is 3.40. The first-order valence-corrected chi connectivity index (χ1v) is 9.21. The molecule has 0 unspecified atom stereocenters. The SMILES string of the molecule is CCCCOc1cccc(-c2nc([C@H]3C[C@@H](O)C3)n3ccnc(N)c23)c1. The Hall–Kier alpha value is -2.60. The number of anilines is 1. The van der Waals surface area contributed by atoms with Gasteiger partial charge in [-0.3, -0.25) is 4.40 Å². The van der Waals surface area contributed by atoms with Crippen LogP contribution in [0.25, 0.3) is 16.8 Å². The van der Waals surface area contributed by atoms with Crippen LogP contribution in [0.4, 0.5) is 5.82 Å². The number of hydrogen-bond acceptors (Lipinski definition) is 5. The standard InChI is InChI=1S/C20H24N4O2/c1-2-3-9-26-16-6-4-5-13(12-16)17-18-19(21)22-7-8-24(18)20(23-17)14-10-15(25)11-14/h4-8,12,14-15,25H,2-3,9-11H2,1H3,(H2,21,22)/t14-,15+. The van der Waals surface area contributed by atoms with Gasteiger partial charge >= 0.3 is 0 Å². The number of imidazole rings is 1. The highest BCUT2D eigenvalue weighted by atomic mass is 16.5. The van der Waals surface area contributed by atoms with Crippen LogP contribution in [-0.2, 0) is 0 Å². The molecule has 0 bridgehead atoms. The first kappa shape index (κ1) is 16.8. The molecule has 2 aromatic heterocycles. The molecule has 4 rings (SSSR count). The van der Waals surface area contributed by atoms with Crippen molar-refractivity contribution in [3.63, 3.8) is 0 Å². The van der Waals surface area contributed by atoms with Crippen molar-refractivity contribution < 1.29 is 9.84 Å². The van der Waals surface area contributed by atoms with Crippen LogP contribution in [0.5, 0.6) is 5.75 Å². The number of rotatable bonds is 6. The van der Waals surface area contributed by atoms with Gasteiger partial charge in [-0.2, -0.15) is 0 Å². The largest absolute Gasteiger partial charge is 0.494 e. The summed E-state index contributed by atoms with van der Waals surface area (Å²) >= 11 is 0. The van der Waals surface area contributed by atoms with Crippen molar-refractivity contribution in [3.8, 4) is 17.0 Å². The van der Waals surface area contributed by atoms with Gasteiger partial charge in [-0.1, -0.05) is 25.5 Å². The Morgan fingerprint density at radius 2 is 2.19 bits per heavy atom. The Morgan fingerprint density at radius 3 is 2.96 bits per heavy atom. The van der Waals surface area contributed by atoms with Gasteiger partial charge in [0.15, 0.2) is 0 Å². The maximum atomic E-state index is 9.68. The Bertz CT molecular complexity index is 915. The fraction of sp³-hybridized carbons (Fsp3) is 0.400. The normalized spacial score (nSPS) is 19.5. The summed E-state index contributed by atoms with van der Waals surface area (Å²) in [6.45, 7) is 2.85. The van der Waals surface area contributed by atoms with Crippen molar-refractivity contribution in [1.82, 2.24) is 14.4 Å². The monoisotopic (exact) mass is 352 g/mol. The van der Waals surface area contributed by atoms with Gasteiger partial charge in [-0.05, 0) is 31.4 Å². The van der Waals surface area contributed by atoms with E-state index >= 15 is 0 Å². The van der Waals surface area contributed by atoms with Crippen molar-refractivity contribution in [2.24, 2.45) is 0 Å². The second-order valence-electron chi connectivity index (χ2n) is 6.90. The number of aromatic nitrogens is 3. The van der Waals surface area contributed by atoms with E-state index in [0.29, 0.717) is 12.4 Å². The van der Waals surface area contributed by atoms with E-state index in [1.165, 1.54) is 0 Å². The van der Waals surface area contributed by atoms with Gasteiger partial charge in [0.25, 0.3) is 0 Å². The zero-order valence-electron chi connectivity index (χ0n) is 14.9. The molecule has 1 aromatic carbocycles. The van der Waals surface area contributed by atoms with Gasteiger partial charge < -0.3 is 15.6 Å². The maximum absolute atomic E-state index is 9.68. The first-order valence-electron chi connectivity index (χ1n) is 9.21. The number of aliphatic hydroxyl groups is 1. The minimum Gasteiger partial charge on any atom is -0.494 e. The van der Waals surface area contributed by atoms with E-state index in [2.05, 4.69) is 11.9 Å². The van der Waals surface area contributed by atoms with Gasteiger partial charge in [-0.25, -0.2) is 9.97 Å². The molecule has 0 spiro atoms. The molecule has 1 aliphatic rings. The molecule has 0 radical (unpaired) electrons. The summed E-state index contributed by atoms with van der Waals surface area (Å²) in [5, 5.41) is 9.68. The minimum absolute atomic E-state index is 0.231. The van der Waals surface area contributed by atoms with Gasteiger partial charge in [0.2, 0.25) is 0 Å². The Morgan fingerprint density at radius 1 is 1.35 bits per heavy atom. The van der Waals surface area contributed by atoms with E-state index in [9.17, 15) is 5.11 Å². The molecule has 3 N–H and O–H groups in total. The van der Waals surface area contributed by atoms with Crippen LogP contribution in [0.3, 0.4) is 0 Å². The summed E-state index contributed by atoms with van der Waals surface area (Å²) in [6, 6.07) is 7.95. The lowest BCUT2D eigenvalue weighted by molar-refractivity contribution is 0.0715. The third kappa shape index (κ3) is 3.01. The number of nitrogens with zero attached hydrogens (tertiary/aromatic N) is 3. The molecule has 6 nitrogen and oxygen atoms in total. The van der Waals surface area contributed by atoms with Crippen molar-refractivity contribution in [2.75, 3.05) is 12.3 Å². The lowest BCUT2D eigenvalue weighted by Gasteiger charge is -2.30. The molecule has 0 aliphatic heterocycles. The van der Waals surface area contributed by atoms with Crippen LogP contribution < -0.4 is 10.5 Å². The molecule has 1 fully saturated rings. The molecule has 0 amide bonds. The Labute approximate surface area is 152 Å². The molecule has 0 atom stereocenters. The summed E-state index contributed by atoms with van der Waals surface area (Å²) in [4.78, 5) is 9.14. The van der Waals surface area contributed by atoms with Crippen molar-refractivity contribution >= 4 is 11.3 Å². The molecule has 1 aliphatic carbocycles. The van der Waals surface area contributed by atoms with Crippen molar-refractivity contribution in [3.05, 3.63) is 42.5 Å². The van der Waals surface area contributed by atoms with E-state index < -0.39 is 0 Å². The average Bonchev–Trinajstić information content (AvgIpc) is 3.00. The Kier molecular flexibility index (Phi) is 4.51. The topological polar surface area (TPSA) is 85.7 Å². The van der Waals surface area contributed by atoms with Gasteiger partial charge in [0, 0.05) is 23.9 Å². The summed E-state index contributed by atoms with van der Waals surface area (Å²) < 4.78 is 7.85. The number of nitrogens with two attached hydrogens (primary N) is 1. The van der Waals surface area contributed by atoms with E-state index in [-0.39, 0.29) is 12.0 Å². The zero-order valence-corrected chi connectivity index (χ0v) is 14.9. The fourth-order valence-corrected chi connectivity index (χ4v) is 3.44. The maximum Gasteiger partial charge on any atom is 0.150 e. The molecule has 2 heterocycles. The summed E-state index contributed by atoms with van der Waals surface area (Å²) in [5.41, 5.74) is 8.77. The molecular weight excluding hydrogens is 328 g/mol. The molecule has 1 saturated carbocycles. The van der Waals surface area contributed by atoms with Crippen LogP contribution in [0.2, 0.25) is 0 Å². The van der Waals surface area contributed by atoms with Crippen LogP contribution in [0.15, 0.2) is 36.7 Å². The number of unbranched alkanes of at least 4 members (excludes halogenated alkanes) is 1. The molecule has 0 saturated heterocycles. The van der Waals surface area contributed by atoms with Crippen LogP contribution in [0, 0.1) is 0 Å². The summed E-state index contributed by atoms with van der Waals surface area (Å²) in [7, 11) is 0. The average molecular weight is 352 g/mol. The highest BCUT2D eigenvalue weighted by Crippen LogP contribution is 2.39. The highest BCUT2D eigenvalue weighted by Gasteiger charge is 2.33. The van der Waals surface area contributed by atoms with Crippen LogP contribution >= 0.6 is 0 Å². The lowest BCUT2D eigenvalue weighted by Crippen LogP contribution is -2.27. The summed E-state index contributed by atoms with van der Waals surface area (Å²) in [5.74, 6) is 2.47. The molecule has 26 heavy (non-hydrogen) atoms. The fourth-order valence-electron chi connectivity index (χ4n) is 3.44. The van der Waals surface area contributed by atoms with E-state index in [0.717, 1.165) is 54.0 Å². The first-order chi connectivity index (χ1) is 12.7. The molecule has 6 heteroatoms. The van der Waals surface area contributed by atoms with E-state index in [1.54, 1.807) is 6.20 Å². The predicted molar refractivity (Wildman–Crippen MR) is 101 cm³/mol. The van der Waals surface area contributed by atoms with Crippen LogP contribution in [0.1, 0.15) is 44.3 Å². The third-order valence-corrected chi connectivity index (χ3v) is 4.96. The second kappa shape index (κ2) is 6.96. The van der Waals surface area contributed by atoms with Gasteiger partial charge in [0.05, 0.1) is 12.7 Å². The number of fused-ring (bicyclic) bond motifs is 1. The number of ether oxygens (including phenoxy) is 1. The van der Waals surface area contributed by atoms with Crippen LogP contribution in [-0.4, -0.2) is 32.2 Å². The smallest absolute Gasteiger partial charge is 0.150 e. The summed E-state index contributed by atoms with van der Waals surface area (Å²) in [6.07, 6.45) is 6.96. The molecule has 136 valence electrons. The minimum atomic E-state index is -0.231. The zero-order chi connectivity index (χ0) is 18.1. The lowest BCUT2D eigenvalue weighted by atomic mass is 9.82. The number of nitrogen functional groups attached to an aromatic ring is 1. The number of benzene rings is 1. The van der Waals surface area contributed by atoms with Gasteiger partial charge in [0.1, 0.15) is 28.6 Å². The van der Waals surface area contributed by atoms with E-state index in [4.69, 9.17) is 15.5 Å². The second-order valence-corrected chi connectivity index (χ2v) is 6.90. The number of hydrogen-bond donors (Lipinski definition) is 2. The molecule has 3 aromatic rings.